The van der Waals surface area contributed by atoms with Crippen LogP contribution in [-0.2, 0) is 0 Å². The van der Waals surface area contributed by atoms with Gasteiger partial charge in [-0.1, -0.05) is 35.9 Å². The Bertz CT molecular complexity index is 1160. The van der Waals surface area contributed by atoms with E-state index in [9.17, 15) is 0 Å². The van der Waals surface area contributed by atoms with Crippen LogP contribution in [0.5, 0.6) is 0 Å². The molecule has 0 aliphatic carbocycles. The maximum absolute atomic E-state index is 2.26. The Kier molecular flexibility index (Phi) is 4.79. The van der Waals surface area contributed by atoms with Crippen LogP contribution < -0.4 is 9.35 Å². The lowest BCUT2D eigenvalue weighted by Crippen LogP contribution is -2.68. The molecule has 0 amide bonds. The van der Waals surface area contributed by atoms with Crippen LogP contribution in [0.15, 0.2) is 85.2 Å². The van der Waals surface area contributed by atoms with Crippen molar-refractivity contribution in [3.8, 4) is 22.5 Å². The van der Waals surface area contributed by atoms with Gasteiger partial charge in [0.05, 0.1) is 20.5 Å². The summed E-state index contributed by atoms with van der Waals surface area (Å²) in [6.45, 7) is 8.64. The molecule has 0 spiro atoms. The summed E-state index contributed by atoms with van der Waals surface area (Å²) in [5.74, 6) is 0. The molecule has 0 radical (unpaired) electrons. The maximum Gasteiger partial charge on any atom is 0.284 e. The third-order valence-corrected chi connectivity index (χ3v) is 5.24. The van der Waals surface area contributed by atoms with E-state index in [1.54, 1.807) is 0 Å². The van der Waals surface area contributed by atoms with E-state index in [1.165, 1.54) is 44.8 Å². The second-order valence-electron chi connectivity index (χ2n) is 7.50. The van der Waals surface area contributed by atoms with Gasteiger partial charge in [0, 0.05) is 24.3 Å². The SMILES string of the molecule is Cc1ccc(-c2cc(C)cc[n+]2-[n+]2ccccc2-c2ccccc2C)c(C)c1. The highest BCUT2D eigenvalue weighted by molar-refractivity contribution is 5.62. The van der Waals surface area contributed by atoms with E-state index in [0.717, 1.165) is 0 Å². The molecule has 0 bridgehead atoms. The normalized spacial score (nSPS) is 10.9. The smallest absolute Gasteiger partial charge is 0.0620 e. The number of hydrogen-bond acceptors (Lipinski definition) is 0. The second-order valence-corrected chi connectivity index (χ2v) is 7.50. The molecular formula is C26H26N2+2. The van der Waals surface area contributed by atoms with Crippen LogP contribution in [0.3, 0.4) is 0 Å². The zero-order chi connectivity index (χ0) is 19.7. The van der Waals surface area contributed by atoms with Gasteiger partial charge in [0.2, 0.25) is 12.4 Å². The minimum absolute atomic E-state index is 1.17. The minimum Gasteiger partial charge on any atom is -0.0620 e. The number of aryl methyl sites for hydroxylation is 4. The Balaban J connectivity index is 1.99. The first-order valence-electron chi connectivity index (χ1n) is 9.72. The van der Waals surface area contributed by atoms with Gasteiger partial charge >= 0.3 is 0 Å². The largest absolute Gasteiger partial charge is 0.284 e. The third kappa shape index (κ3) is 3.34. The fourth-order valence-electron chi connectivity index (χ4n) is 3.78. The van der Waals surface area contributed by atoms with E-state index in [0.29, 0.717) is 0 Å². The number of hydrogen-bond donors (Lipinski definition) is 0. The summed E-state index contributed by atoms with van der Waals surface area (Å²) >= 11 is 0. The Labute approximate surface area is 167 Å². The summed E-state index contributed by atoms with van der Waals surface area (Å²) in [5.41, 5.74) is 9.93. The molecule has 2 aromatic heterocycles. The number of nitrogens with zero attached hydrogens (tertiary/aromatic N) is 2. The first-order chi connectivity index (χ1) is 13.5. The topological polar surface area (TPSA) is 7.76 Å². The Morgan fingerprint density at radius 1 is 0.500 bits per heavy atom. The molecule has 2 aromatic carbocycles. The molecule has 0 N–H and O–H groups in total. The Morgan fingerprint density at radius 2 is 1.18 bits per heavy atom. The van der Waals surface area contributed by atoms with Crippen LogP contribution in [-0.4, -0.2) is 0 Å². The lowest BCUT2D eigenvalue weighted by Gasteiger charge is -2.07. The molecule has 2 nitrogen and oxygen atoms in total. The predicted molar refractivity (Wildman–Crippen MR) is 114 cm³/mol. The highest BCUT2D eigenvalue weighted by atomic mass is 15.4. The quantitative estimate of drug-likeness (QED) is 0.444. The van der Waals surface area contributed by atoms with Gasteiger partial charge in [0.25, 0.3) is 11.4 Å². The van der Waals surface area contributed by atoms with Crippen molar-refractivity contribution in [1.29, 1.82) is 0 Å². The summed E-state index contributed by atoms with van der Waals surface area (Å²) < 4.78 is 4.48. The van der Waals surface area contributed by atoms with Crippen LogP contribution in [0.2, 0.25) is 0 Å². The molecule has 2 heterocycles. The molecule has 28 heavy (non-hydrogen) atoms. The van der Waals surface area contributed by atoms with Gasteiger partial charge in [-0.15, -0.1) is 0 Å². The summed E-state index contributed by atoms with van der Waals surface area (Å²) in [6, 6.07) is 26.0. The molecule has 0 aliphatic heterocycles. The molecular weight excluding hydrogens is 340 g/mol. The van der Waals surface area contributed by atoms with Gasteiger partial charge in [-0.25, -0.2) is 0 Å². The van der Waals surface area contributed by atoms with Crippen molar-refractivity contribution in [1.82, 2.24) is 0 Å². The van der Waals surface area contributed by atoms with Crippen LogP contribution in [0.4, 0.5) is 0 Å². The number of benzene rings is 2. The predicted octanol–water partition coefficient (Wildman–Crippen LogP) is 5.14. The molecule has 0 saturated heterocycles. The summed E-state index contributed by atoms with van der Waals surface area (Å²) in [7, 11) is 0. The van der Waals surface area contributed by atoms with E-state index >= 15 is 0 Å². The van der Waals surface area contributed by atoms with Crippen LogP contribution in [0.1, 0.15) is 22.3 Å². The van der Waals surface area contributed by atoms with Gasteiger partial charge in [-0.2, -0.15) is 0 Å². The summed E-state index contributed by atoms with van der Waals surface area (Å²) in [4.78, 5) is 0. The van der Waals surface area contributed by atoms with E-state index < -0.39 is 0 Å². The van der Waals surface area contributed by atoms with Crippen molar-refractivity contribution in [2.75, 3.05) is 0 Å². The number of rotatable bonds is 3. The molecule has 138 valence electrons. The second kappa shape index (κ2) is 7.40. The zero-order valence-corrected chi connectivity index (χ0v) is 17.0. The molecule has 2 heteroatoms. The average molecular weight is 367 g/mol. The van der Waals surface area contributed by atoms with E-state index in [2.05, 4.69) is 122 Å². The molecule has 4 aromatic rings. The highest BCUT2D eigenvalue weighted by Gasteiger charge is 2.28. The van der Waals surface area contributed by atoms with E-state index in [1.807, 2.05) is 0 Å². The van der Waals surface area contributed by atoms with Gasteiger partial charge in [0.1, 0.15) is 0 Å². The molecule has 4 rings (SSSR count). The fraction of sp³-hybridized carbons (Fsp3) is 0.154. The van der Waals surface area contributed by atoms with Gasteiger partial charge in [-0.05, 0) is 62.6 Å². The standard InChI is InChI=1S/C26H26N2/c1-19-12-13-24(22(4)17-19)26-18-20(2)14-16-28(26)27-15-8-7-11-25(27)23-10-6-5-9-21(23)3/h5-18H,1-4H3/q+2. The molecule has 0 atom stereocenters. The molecule has 0 unspecified atom stereocenters. The van der Waals surface area contributed by atoms with Crippen molar-refractivity contribution in [2.24, 2.45) is 0 Å². The highest BCUT2D eigenvalue weighted by Crippen LogP contribution is 2.23. The fourth-order valence-corrected chi connectivity index (χ4v) is 3.78. The van der Waals surface area contributed by atoms with Gasteiger partial charge in [0.15, 0.2) is 0 Å². The van der Waals surface area contributed by atoms with Crippen molar-refractivity contribution in [2.45, 2.75) is 27.7 Å². The monoisotopic (exact) mass is 366 g/mol. The van der Waals surface area contributed by atoms with Crippen LogP contribution in [0, 0.1) is 27.7 Å². The van der Waals surface area contributed by atoms with Crippen LogP contribution in [0.25, 0.3) is 22.5 Å². The lowest BCUT2D eigenvalue weighted by molar-refractivity contribution is -1.29. The summed E-state index contributed by atoms with van der Waals surface area (Å²) in [5, 5.41) is 0. The number of aromatic nitrogens is 2. The van der Waals surface area contributed by atoms with Crippen molar-refractivity contribution >= 4 is 0 Å². The summed E-state index contributed by atoms with van der Waals surface area (Å²) in [6.07, 6.45) is 4.29. The maximum atomic E-state index is 2.26. The third-order valence-electron chi connectivity index (χ3n) is 5.24. The van der Waals surface area contributed by atoms with Crippen molar-refractivity contribution < 1.29 is 9.35 Å². The first kappa shape index (κ1) is 18.1. The molecule has 0 fully saturated rings. The van der Waals surface area contributed by atoms with Gasteiger partial charge < -0.3 is 0 Å². The lowest BCUT2D eigenvalue weighted by atomic mass is 10.0. The van der Waals surface area contributed by atoms with E-state index in [-0.39, 0.29) is 0 Å². The Hall–Kier alpha value is -3.26. The number of pyridine rings is 2. The minimum atomic E-state index is 1.17. The molecule has 0 aliphatic rings. The van der Waals surface area contributed by atoms with E-state index in [4.69, 9.17) is 0 Å². The van der Waals surface area contributed by atoms with Crippen molar-refractivity contribution in [3.63, 3.8) is 0 Å². The molecule has 0 saturated carbocycles. The van der Waals surface area contributed by atoms with Gasteiger partial charge in [-0.3, -0.25) is 0 Å². The average Bonchev–Trinajstić information content (AvgIpc) is 2.68. The van der Waals surface area contributed by atoms with Crippen LogP contribution >= 0.6 is 0 Å². The first-order valence-corrected chi connectivity index (χ1v) is 9.72. The van der Waals surface area contributed by atoms with Crippen molar-refractivity contribution in [3.05, 3.63) is 107 Å². The zero-order valence-electron chi connectivity index (χ0n) is 17.0. The Morgan fingerprint density at radius 3 is 1.96 bits per heavy atom.